The van der Waals surface area contributed by atoms with Gasteiger partial charge < -0.3 is 15.3 Å². The minimum Gasteiger partial charge on any atom is -0.508 e. The molecule has 0 spiro atoms. The van der Waals surface area contributed by atoms with Gasteiger partial charge in [0.1, 0.15) is 11.5 Å². The summed E-state index contributed by atoms with van der Waals surface area (Å²) in [4.78, 5) is 0. The lowest BCUT2D eigenvalue weighted by Crippen LogP contribution is -2.00. The van der Waals surface area contributed by atoms with Crippen molar-refractivity contribution in [1.29, 1.82) is 0 Å². The Bertz CT molecular complexity index is 523. The third-order valence-corrected chi connectivity index (χ3v) is 2.97. The number of benzene rings is 2. The van der Waals surface area contributed by atoms with Crippen LogP contribution in [0.2, 0.25) is 0 Å². The van der Waals surface area contributed by atoms with Gasteiger partial charge in [-0.2, -0.15) is 0 Å². The molecule has 1 unspecified atom stereocenters. The lowest BCUT2D eigenvalue weighted by atomic mass is 10.0. The largest absolute Gasteiger partial charge is 0.508 e. The molecule has 3 nitrogen and oxygen atoms in total. The molecule has 3 heteroatoms. The van der Waals surface area contributed by atoms with Crippen LogP contribution in [0.25, 0.3) is 0 Å². The number of hydrogen-bond donors (Lipinski definition) is 3. The quantitative estimate of drug-likeness (QED) is 0.775. The molecule has 94 valence electrons. The first-order valence-corrected chi connectivity index (χ1v) is 5.91. The van der Waals surface area contributed by atoms with E-state index < -0.39 is 6.10 Å². The maximum absolute atomic E-state index is 10.0. The fourth-order valence-corrected chi connectivity index (χ4v) is 1.94. The van der Waals surface area contributed by atoms with Gasteiger partial charge >= 0.3 is 0 Å². The molecule has 2 aromatic carbocycles. The van der Waals surface area contributed by atoms with Crippen molar-refractivity contribution in [1.82, 2.24) is 0 Å². The van der Waals surface area contributed by atoms with Crippen LogP contribution in [0.1, 0.15) is 23.7 Å². The molecule has 0 aliphatic heterocycles. The van der Waals surface area contributed by atoms with Crippen molar-refractivity contribution in [3.8, 4) is 11.5 Å². The van der Waals surface area contributed by atoms with E-state index in [4.69, 9.17) is 0 Å². The summed E-state index contributed by atoms with van der Waals surface area (Å²) in [6.45, 7) is 0. The minimum atomic E-state index is -0.731. The maximum atomic E-state index is 10.0. The van der Waals surface area contributed by atoms with Crippen LogP contribution in [0.15, 0.2) is 48.5 Å². The third-order valence-electron chi connectivity index (χ3n) is 2.97. The summed E-state index contributed by atoms with van der Waals surface area (Å²) in [7, 11) is 0. The van der Waals surface area contributed by atoms with Gasteiger partial charge in [-0.15, -0.1) is 0 Å². The molecule has 0 saturated heterocycles. The summed E-state index contributed by atoms with van der Waals surface area (Å²) < 4.78 is 0. The molecular weight excluding hydrogens is 228 g/mol. The van der Waals surface area contributed by atoms with Crippen LogP contribution in [0.4, 0.5) is 0 Å². The van der Waals surface area contributed by atoms with E-state index >= 15 is 0 Å². The molecule has 2 rings (SSSR count). The molecule has 0 fully saturated rings. The molecule has 0 saturated carbocycles. The van der Waals surface area contributed by atoms with Crippen LogP contribution in [-0.4, -0.2) is 15.3 Å². The molecule has 2 aromatic rings. The van der Waals surface area contributed by atoms with E-state index in [0.29, 0.717) is 18.4 Å². The predicted octanol–water partition coefficient (Wildman–Crippen LogP) is 2.76. The zero-order valence-electron chi connectivity index (χ0n) is 9.95. The molecule has 0 radical (unpaired) electrons. The Morgan fingerprint density at radius 2 is 1.44 bits per heavy atom. The fourth-order valence-electron chi connectivity index (χ4n) is 1.94. The van der Waals surface area contributed by atoms with Gasteiger partial charge in [0.2, 0.25) is 0 Å². The molecule has 0 bridgehead atoms. The van der Waals surface area contributed by atoms with Gasteiger partial charge in [-0.25, -0.2) is 0 Å². The van der Waals surface area contributed by atoms with Crippen molar-refractivity contribution in [2.45, 2.75) is 18.9 Å². The number of rotatable bonds is 4. The Balaban J connectivity index is 2.03. The number of phenolic OH excluding ortho intramolecular Hbond substituents is 2. The molecule has 3 N–H and O–H groups in total. The number of aromatic hydroxyl groups is 2. The standard InChI is InChI=1S/C15H16O3/c16-13-7-3-1-5-11(13)9-10-15(18)12-6-2-4-8-14(12)17/h1-8,15-18H,9-10H2. The van der Waals surface area contributed by atoms with Crippen molar-refractivity contribution in [3.05, 3.63) is 59.7 Å². The average Bonchev–Trinajstić information content (AvgIpc) is 2.38. The van der Waals surface area contributed by atoms with Gasteiger partial charge in [-0.3, -0.25) is 0 Å². The van der Waals surface area contributed by atoms with Crippen LogP contribution in [-0.2, 0) is 6.42 Å². The van der Waals surface area contributed by atoms with Crippen LogP contribution < -0.4 is 0 Å². The molecule has 0 heterocycles. The molecule has 1 atom stereocenters. The second-order valence-corrected chi connectivity index (χ2v) is 4.24. The van der Waals surface area contributed by atoms with Gasteiger partial charge in [0.05, 0.1) is 6.10 Å². The second kappa shape index (κ2) is 5.56. The number of aryl methyl sites for hydroxylation is 1. The highest BCUT2D eigenvalue weighted by Crippen LogP contribution is 2.28. The zero-order chi connectivity index (χ0) is 13.0. The van der Waals surface area contributed by atoms with E-state index in [1.54, 1.807) is 36.4 Å². The second-order valence-electron chi connectivity index (χ2n) is 4.24. The van der Waals surface area contributed by atoms with E-state index in [9.17, 15) is 15.3 Å². The number of hydrogen-bond acceptors (Lipinski definition) is 3. The number of aliphatic hydroxyl groups is 1. The number of para-hydroxylation sites is 2. The maximum Gasteiger partial charge on any atom is 0.121 e. The van der Waals surface area contributed by atoms with E-state index in [1.165, 1.54) is 0 Å². The number of phenols is 2. The minimum absolute atomic E-state index is 0.0993. The van der Waals surface area contributed by atoms with E-state index in [1.807, 2.05) is 12.1 Å². The highest BCUT2D eigenvalue weighted by Gasteiger charge is 2.12. The molecule has 0 aliphatic rings. The van der Waals surface area contributed by atoms with Crippen LogP contribution in [0, 0.1) is 0 Å². The van der Waals surface area contributed by atoms with Gasteiger partial charge in [0, 0.05) is 5.56 Å². The first-order valence-electron chi connectivity index (χ1n) is 5.91. The Morgan fingerprint density at radius 3 is 2.11 bits per heavy atom. The summed E-state index contributed by atoms with van der Waals surface area (Å²) in [6, 6.07) is 13.8. The van der Waals surface area contributed by atoms with Gasteiger partial charge in [-0.1, -0.05) is 36.4 Å². The summed E-state index contributed by atoms with van der Waals surface area (Å²) in [6.07, 6.45) is 0.280. The summed E-state index contributed by atoms with van der Waals surface area (Å²) in [5, 5.41) is 29.3. The number of aliphatic hydroxyl groups excluding tert-OH is 1. The van der Waals surface area contributed by atoms with Gasteiger partial charge in [0.25, 0.3) is 0 Å². The van der Waals surface area contributed by atoms with Gasteiger partial charge in [-0.05, 0) is 30.5 Å². The molecule has 0 aromatic heterocycles. The van der Waals surface area contributed by atoms with Crippen LogP contribution in [0.3, 0.4) is 0 Å². The Kier molecular flexibility index (Phi) is 3.85. The summed E-state index contributed by atoms with van der Waals surface area (Å²) in [5.41, 5.74) is 1.32. The van der Waals surface area contributed by atoms with Crippen molar-refractivity contribution in [3.63, 3.8) is 0 Å². The smallest absolute Gasteiger partial charge is 0.121 e. The van der Waals surface area contributed by atoms with E-state index in [0.717, 1.165) is 5.56 Å². The van der Waals surface area contributed by atoms with Crippen molar-refractivity contribution in [2.75, 3.05) is 0 Å². The summed E-state index contributed by atoms with van der Waals surface area (Å²) >= 11 is 0. The Hall–Kier alpha value is -2.00. The first-order chi connectivity index (χ1) is 8.68. The van der Waals surface area contributed by atoms with Crippen molar-refractivity contribution in [2.24, 2.45) is 0 Å². The van der Waals surface area contributed by atoms with Crippen LogP contribution in [0.5, 0.6) is 11.5 Å². The monoisotopic (exact) mass is 244 g/mol. The van der Waals surface area contributed by atoms with E-state index in [-0.39, 0.29) is 11.5 Å². The molecule has 0 amide bonds. The molecular formula is C15H16O3. The molecule has 0 aliphatic carbocycles. The Labute approximate surface area is 106 Å². The summed E-state index contributed by atoms with van der Waals surface area (Å²) in [5.74, 6) is 0.337. The third kappa shape index (κ3) is 2.81. The van der Waals surface area contributed by atoms with Crippen LogP contribution >= 0.6 is 0 Å². The fraction of sp³-hybridized carbons (Fsp3) is 0.200. The highest BCUT2D eigenvalue weighted by atomic mass is 16.3. The predicted molar refractivity (Wildman–Crippen MR) is 69.5 cm³/mol. The topological polar surface area (TPSA) is 60.7 Å². The lowest BCUT2D eigenvalue weighted by Gasteiger charge is -2.12. The van der Waals surface area contributed by atoms with Gasteiger partial charge in [0.15, 0.2) is 0 Å². The normalized spacial score (nSPS) is 12.3. The average molecular weight is 244 g/mol. The van der Waals surface area contributed by atoms with Crippen molar-refractivity contribution >= 4 is 0 Å². The zero-order valence-corrected chi connectivity index (χ0v) is 9.95. The lowest BCUT2D eigenvalue weighted by molar-refractivity contribution is 0.164. The highest BCUT2D eigenvalue weighted by molar-refractivity contribution is 5.35. The Morgan fingerprint density at radius 1 is 0.833 bits per heavy atom. The van der Waals surface area contributed by atoms with E-state index in [2.05, 4.69) is 0 Å². The SMILES string of the molecule is Oc1ccccc1CCC(O)c1ccccc1O. The first kappa shape index (κ1) is 12.5. The van der Waals surface area contributed by atoms with Crippen molar-refractivity contribution < 1.29 is 15.3 Å². The molecule has 18 heavy (non-hydrogen) atoms.